The van der Waals surface area contributed by atoms with Gasteiger partial charge in [0.1, 0.15) is 0 Å². The maximum absolute atomic E-state index is 11.0. The van der Waals surface area contributed by atoms with Crippen LogP contribution in [0.5, 0.6) is 0 Å². The molecule has 6 nitrogen and oxygen atoms in total. The fourth-order valence-corrected chi connectivity index (χ4v) is 3.24. The third-order valence-electron chi connectivity index (χ3n) is 3.04. The standard InChI is InChI=1S/C11H12ClNO5S/c12-19(16,17)7-11-5-9(6-18-11)8-1-3-10(4-2-8)13(14)15/h1-4,9,11H,5-7H2. The van der Waals surface area contributed by atoms with Gasteiger partial charge in [-0.3, -0.25) is 10.1 Å². The zero-order valence-electron chi connectivity index (χ0n) is 9.86. The second-order valence-electron chi connectivity index (χ2n) is 4.44. The maximum atomic E-state index is 11.0. The van der Waals surface area contributed by atoms with Crippen molar-refractivity contribution in [1.82, 2.24) is 0 Å². The normalized spacial score (nSPS) is 23.4. The van der Waals surface area contributed by atoms with Crippen molar-refractivity contribution in [3.63, 3.8) is 0 Å². The van der Waals surface area contributed by atoms with Crippen molar-refractivity contribution in [3.05, 3.63) is 39.9 Å². The molecule has 104 valence electrons. The number of nitro groups is 1. The average Bonchev–Trinajstić information content (AvgIpc) is 2.75. The first-order valence-corrected chi connectivity index (χ1v) is 8.11. The number of halogens is 1. The van der Waals surface area contributed by atoms with Crippen molar-refractivity contribution in [3.8, 4) is 0 Å². The van der Waals surface area contributed by atoms with E-state index in [4.69, 9.17) is 15.4 Å². The van der Waals surface area contributed by atoms with Gasteiger partial charge in [-0.15, -0.1) is 0 Å². The summed E-state index contributed by atoms with van der Waals surface area (Å²) in [5.74, 6) is -0.165. The molecule has 0 saturated carbocycles. The van der Waals surface area contributed by atoms with E-state index in [0.29, 0.717) is 13.0 Å². The van der Waals surface area contributed by atoms with Gasteiger partial charge in [-0.05, 0) is 12.0 Å². The third-order valence-corrected chi connectivity index (χ3v) is 4.19. The Morgan fingerprint density at radius 2 is 2.00 bits per heavy atom. The first-order valence-electron chi connectivity index (χ1n) is 5.63. The summed E-state index contributed by atoms with van der Waals surface area (Å²) in [6, 6.07) is 6.20. The molecule has 1 aromatic rings. The molecule has 1 aromatic carbocycles. The number of non-ortho nitro benzene ring substituents is 1. The molecule has 0 bridgehead atoms. The van der Waals surface area contributed by atoms with E-state index in [2.05, 4.69) is 0 Å². The van der Waals surface area contributed by atoms with Crippen molar-refractivity contribution in [2.75, 3.05) is 12.4 Å². The summed E-state index contributed by atoms with van der Waals surface area (Å²) in [6.45, 7) is 0.398. The summed E-state index contributed by atoms with van der Waals surface area (Å²) in [6.07, 6.45) is 0.131. The fourth-order valence-electron chi connectivity index (χ4n) is 2.14. The van der Waals surface area contributed by atoms with Crippen LogP contribution in [0, 0.1) is 10.1 Å². The van der Waals surface area contributed by atoms with Crippen LogP contribution in [-0.2, 0) is 13.8 Å². The summed E-state index contributed by atoms with van der Waals surface area (Å²) in [4.78, 5) is 10.1. The predicted octanol–water partition coefficient (Wildman–Crippen LogP) is 2.04. The van der Waals surface area contributed by atoms with E-state index < -0.39 is 20.1 Å². The van der Waals surface area contributed by atoms with E-state index in [1.807, 2.05) is 0 Å². The second-order valence-corrected chi connectivity index (χ2v) is 7.26. The molecule has 0 amide bonds. The highest BCUT2D eigenvalue weighted by Gasteiger charge is 2.30. The molecular formula is C11H12ClNO5S. The van der Waals surface area contributed by atoms with Crippen LogP contribution in [0.4, 0.5) is 5.69 Å². The summed E-state index contributed by atoms with van der Waals surface area (Å²) < 4.78 is 27.3. The van der Waals surface area contributed by atoms with Crippen molar-refractivity contribution >= 4 is 25.4 Å². The fraction of sp³-hybridized carbons (Fsp3) is 0.455. The molecule has 1 aliphatic rings. The van der Waals surface area contributed by atoms with Gasteiger partial charge in [-0.2, -0.15) is 0 Å². The lowest BCUT2D eigenvalue weighted by molar-refractivity contribution is -0.384. The zero-order valence-corrected chi connectivity index (χ0v) is 11.4. The molecule has 2 atom stereocenters. The van der Waals surface area contributed by atoms with Gasteiger partial charge in [0.25, 0.3) is 5.69 Å². The van der Waals surface area contributed by atoms with Gasteiger partial charge in [0.2, 0.25) is 9.05 Å². The van der Waals surface area contributed by atoms with Gasteiger partial charge in [0.05, 0.1) is 23.4 Å². The Hall–Kier alpha value is -1.18. The third kappa shape index (κ3) is 3.89. The smallest absolute Gasteiger partial charge is 0.269 e. The van der Waals surface area contributed by atoms with Crippen molar-refractivity contribution in [2.45, 2.75) is 18.4 Å². The monoisotopic (exact) mass is 305 g/mol. The Morgan fingerprint density at radius 3 is 2.53 bits per heavy atom. The molecule has 0 N–H and O–H groups in total. The Bertz CT molecular complexity index is 571. The minimum Gasteiger partial charge on any atom is -0.376 e. The van der Waals surface area contributed by atoms with Crippen LogP contribution in [0.3, 0.4) is 0 Å². The SMILES string of the molecule is O=[N+]([O-])c1ccc(C2COC(CS(=O)(=O)Cl)C2)cc1. The number of benzene rings is 1. The molecule has 1 fully saturated rings. The van der Waals surface area contributed by atoms with Crippen LogP contribution >= 0.6 is 10.7 Å². The first-order chi connectivity index (χ1) is 8.85. The number of hydrogen-bond donors (Lipinski definition) is 0. The lowest BCUT2D eigenvalue weighted by Gasteiger charge is -2.08. The molecule has 2 unspecified atom stereocenters. The van der Waals surface area contributed by atoms with Gasteiger partial charge in [0, 0.05) is 28.7 Å². The van der Waals surface area contributed by atoms with E-state index in [9.17, 15) is 18.5 Å². The molecular weight excluding hydrogens is 294 g/mol. The van der Waals surface area contributed by atoms with Gasteiger partial charge in [0.15, 0.2) is 0 Å². The number of nitro benzene ring substituents is 1. The highest BCUT2D eigenvalue weighted by molar-refractivity contribution is 8.13. The largest absolute Gasteiger partial charge is 0.376 e. The van der Waals surface area contributed by atoms with Gasteiger partial charge < -0.3 is 4.74 Å². The Labute approximate surface area is 114 Å². The molecule has 1 heterocycles. The molecule has 0 radical (unpaired) electrons. The molecule has 1 aliphatic heterocycles. The quantitative estimate of drug-likeness (QED) is 0.482. The van der Waals surface area contributed by atoms with E-state index in [1.54, 1.807) is 12.1 Å². The summed E-state index contributed by atoms with van der Waals surface area (Å²) in [7, 11) is 1.61. The topological polar surface area (TPSA) is 86.5 Å². The molecule has 2 rings (SSSR count). The van der Waals surface area contributed by atoms with E-state index in [-0.39, 0.29) is 17.4 Å². The molecule has 0 aliphatic carbocycles. The summed E-state index contributed by atoms with van der Waals surface area (Å²) in [5, 5.41) is 10.5. The van der Waals surface area contributed by atoms with E-state index >= 15 is 0 Å². The Balaban J connectivity index is 2.02. The van der Waals surface area contributed by atoms with Crippen molar-refractivity contribution < 1.29 is 18.1 Å². The van der Waals surface area contributed by atoms with Crippen LogP contribution in [-0.4, -0.2) is 31.8 Å². The molecule has 19 heavy (non-hydrogen) atoms. The van der Waals surface area contributed by atoms with Crippen LogP contribution in [0.1, 0.15) is 17.9 Å². The van der Waals surface area contributed by atoms with Crippen molar-refractivity contribution in [1.29, 1.82) is 0 Å². The lowest BCUT2D eigenvalue weighted by Crippen LogP contribution is -2.16. The van der Waals surface area contributed by atoms with Crippen molar-refractivity contribution in [2.24, 2.45) is 0 Å². The summed E-state index contributed by atoms with van der Waals surface area (Å²) >= 11 is 0. The number of ether oxygens (including phenoxy) is 1. The van der Waals surface area contributed by atoms with E-state index in [1.165, 1.54) is 12.1 Å². The van der Waals surface area contributed by atoms with Gasteiger partial charge in [-0.25, -0.2) is 8.42 Å². The van der Waals surface area contributed by atoms with Gasteiger partial charge in [-0.1, -0.05) is 12.1 Å². The number of rotatable bonds is 4. The predicted molar refractivity (Wildman–Crippen MR) is 69.8 cm³/mol. The molecule has 0 spiro atoms. The lowest BCUT2D eigenvalue weighted by atomic mass is 9.96. The molecule has 0 aromatic heterocycles. The van der Waals surface area contributed by atoms with Crippen LogP contribution in [0.15, 0.2) is 24.3 Å². The van der Waals surface area contributed by atoms with Gasteiger partial charge >= 0.3 is 0 Å². The minimum atomic E-state index is -3.57. The Morgan fingerprint density at radius 1 is 1.37 bits per heavy atom. The van der Waals surface area contributed by atoms with Crippen LogP contribution in [0.25, 0.3) is 0 Å². The molecule has 8 heteroatoms. The highest BCUT2D eigenvalue weighted by atomic mass is 35.7. The maximum Gasteiger partial charge on any atom is 0.269 e. The summed E-state index contributed by atoms with van der Waals surface area (Å²) in [5.41, 5.74) is 0.933. The highest BCUT2D eigenvalue weighted by Crippen LogP contribution is 2.31. The first kappa shape index (κ1) is 14.2. The zero-order chi connectivity index (χ0) is 14.0. The second kappa shape index (κ2) is 5.44. The number of hydrogen-bond acceptors (Lipinski definition) is 5. The van der Waals surface area contributed by atoms with E-state index in [0.717, 1.165) is 5.56 Å². The molecule has 1 saturated heterocycles. The van der Waals surface area contributed by atoms with Crippen LogP contribution < -0.4 is 0 Å². The van der Waals surface area contributed by atoms with Crippen LogP contribution in [0.2, 0.25) is 0 Å². The minimum absolute atomic E-state index is 0.0301. The number of nitrogens with zero attached hydrogens (tertiary/aromatic N) is 1. The average molecular weight is 306 g/mol. The Kier molecular flexibility index (Phi) is 4.07.